The minimum absolute atomic E-state index is 0. The predicted molar refractivity (Wildman–Crippen MR) is 219 cm³/mol. The Kier molecular flexibility index (Phi) is 14.4. The fourth-order valence-corrected chi connectivity index (χ4v) is 6.24. The lowest BCUT2D eigenvalue weighted by Crippen LogP contribution is -2.47. The summed E-state index contributed by atoms with van der Waals surface area (Å²) >= 11 is 12.8. The summed E-state index contributed by atoms with van der Waals surface area (Å²) in [6, 6.07) is 31.6. The Hall–Kier alpha value is -4.34. The van der Waals surface area contributed by atoms with Crippen molar-refractivity contribution < 1.29 is 19.0 Å². The number of ether oxygens (including phenoxy) is 3. The summed E-state index contributed by atoms with van der Waals surface area (Å²) in [7, 11) is 0. The molecule has 1 aliphatic heterocycles. The van der Waals surface area contributed by atoms with Gasteiger partial charge in [-0.25, -0.2) is 4.98 Å². The number of benzene rings is 4. The van der Waals surface area contributed by atoms with E-state index in [1.165, 1.54) is 11.1 Å². The first-order chi connectivity index (χ1) is 25.2. The number of hydrogen-bond acceptors (Lipinski definition) is 6. The van der Waals surface area contributed by atoms with Gasteiger partial charge in [-0.2, -0.15) is 0 Å². The van der Waals surface area contributed by atoms with Crippen LogP contribution in [0.1, 0.15) is 53.1 Å². The SMILES string of the molecule is Br.Cc1cc(Oc2ccc(OCc3ccccc3Cl)cn2)c(Cl)cc1/C=C/C(=O)N1CCN(Cc2ccc(COc3ccc(C(C)C)cc3)cc2)CC1. The first kappa shape index (κ1) is 39.9. The van der Waals surface area contributed by atoms with Crippen LogP contribution in [0.3, 0.4) is 0 Å². The van der Waals surface area contributed by atoms with E-state index < -0.39 is 0 Å². The average Bonchev–Trinajstić information content (AvgIpc) is 3.16. The van der Waals surface area contributed by atoms with Crippen molar-refractivity contribution in [1.29, 1.82) is 0 Å². The fourth-order valence-electron chi connectivity index (χ4n) is 5.84. The third-order valence-electron chi connectivity index (χ3n) is 9.07. The molecule has 0 bridgehead atoms. The van der Waals surface area contributed by atoms with E-state index in [1.807, 2.05) is 60.4 Å². The predicted octanol–water partition coefficient (Wildman–Crippen LogP) is 10.7. The van der Waals surface area contributed by atoms with Gasteiger partial charge in [-0.15, -0.1) is 17.0 Å². The Balaban J connectivity index is 0.00000541. The lowest BCUT2D eigenvalue weighted by Gasteiger charge is -2.34. The van der Waals surface area contributed by atoms with Crippen LogP contribution in [-0.2, 0) is 24.6 Å². The van der Waals surface area contributed by atoms with Gasteiger partial charge < -0.3 is 19.1 Å². The summed E-state index contributed by atoms with van der Waals surface area (Å²) in [5.74, 6) is 2.83. The Morgan fingerprint density at radius 3 is 2.17 bits per heavy atom. The first-order valence-electron chi connectivity index (χ1n) is 17.5. The van der Waals surface area contributed by atoms with Gasteiger partial charge in [-0.1, -0.05) is 91.6 Å². The summed E-state index contributed by atoms with van der Waals surface area (Å²) in [5, 5.41) is 1.07. The van der Waals surface area contributed by atoms with Crippen LogP contribution in [0.25, 0.3) is 6.08 Å². The molecular weight excluding hydrogens is 773 g/mol. The van der Waals surface area contributed by atoms with E-state index in [-0.39, 0.29) is 22.9 Å². The highest BCUT2D eigenvalue weighted by atomic mass is 79.9. The largest absolute Gasteiger partial charge is 0.489 e. The summed E-state index contributed by atoms with van der Waals surface area (Å²) in [5.41, 5.74) is 6.35. The number of carbonyl (C=O) groups is 1. The minimum atomic E-state index is -0.0141. The molecule has 0 atom stereocenters. The quantitative estimate of drug-likeness (QED) is 0.110. The molecule has 1 aliphatic rings. The molecule has 1 fully saturated rings. The van der Waals surface area contributed by atoms with Gasteiger partial charge in [0.2, 0.25) is 11.8 Å². The third kappa shape index (κ3) is 11.3. The van der Waals surface area contributed by atoms with Crippen molar-refractivity contribution in [2.75, 3.05) is 26.2 Å². The maximum atomic E-state index is 13.1. The number of hydrogen-bond donors (Lipinski definition) is 0. The smallest absolute Gasteiger partial charge is 0.246 e. The summed E-state index contributed by atoms with van der Waals surface area (Å²) in [4.78, 5) is 21.7. The molecule has 276 valence electrons. The summed E-state index contributed by atoms with van der Waals surface area (Å²) in [6.45, 7) is 11.0. The minimum Gasteiger partial charge on any atom is -0.489 e. The first-order valence-corrected chi connectivity index (χ1v) is 18.3. The van der Waals surface area contributed by atoms with Crippen molar-refractivity contribution in [1.82, 2.24) is 14.8 Å². The number of halogens is 3. The van der Waals surface area contributed by atoms with Crippen LogP contribution < -0.4 is 14.2 Å². The monoisotopic (exact) mass is 815 g/mol. The van der Waals surface area contributed by atoms with E-state index in [9.17, 15) is 4.79 Å². The summed E-state index contributed by atoms with van der Waals surface area (Å²) in [6.07, 6.45) is 5.03. The van der Waals surface area contributed by atoms with Crippen molar-refractivity contribution in [2.45, 2.75) is 46.4 Å². The molecule has 4 aromatic carbocycles. The highest BCUT2D eigenvalue weighted by Crippen LogP contribution is 2.32. The van der Waals surface area contributed by atoms with E-state index >= 15 is 0 Å². The van der Waals surface area contributed by atoms with Crippen LogP contribution >= 0.6 is 40.2 Å². The lowest BCUT2D eigenvalue weighted by atomic mass is 10.0. The molecular formula is C43H44BrCl2N3O4. The van der Waals surface area contributed by atoms with E-state index in [2.05, 4.69) is 60.1 Å². The number of nitrogens with zero attached hydrogens (tertiary/aromatic N) is 3. The topological polar surface area (TPSA) is 64.1 Å². The highest BCUT2D eigenvalue weighted by Gasteiger charge is 2.20. The molecule has 5 aromatic rings. The van der Waals surface area contributed by atoms with Crippen LogP contribution in [-0.4, -0.2) is 46.9 Å². The van der Waals surface area contributed by atoms with E-state index in [0.29, 0.717) is 59.6 Å². The molecule has 0 N–H and O–H groups in total. The van der Waals surface area contributed by atoms with Crippen LogP contribution in [0.4, 0.5) is 0 Å². The number of aryl methyl sites for hydroxylation is 1. The molecule has 53 heavy (non-hydrogen) atoms. The molecule has 0 unspecified atom stereocenters. The maximum absolute atomic E-state index is 13.1. The van der Waals surface area contributed by atoms with Gasteiger partial charge in [0.15, 0.2) is 0 Å². The zero-order valence-corrected chi connectivity index (χ0v) is 33.4. The Morgan fingerprint density at radius 1 is 0.811 bits per heavy atom. The Morgan fingerprint density at radius 2 is 1.49 bits per heavy atom. The number of rotatable bonds is 13. The molecule has 1 amide bonds. The van der Waals surface area contributed by atoms with Gasteiger partial charge in [-0.05, 0) is 83.1 Å². The normalized spacial score (nSPS) is 13.2. The molecule has 7 nitrogen and oxygen atoms in total. The van der Waals surface area contributed by atoms with Crippen LogP contribution in [0.15, 0.2) is 109 Å². The molecule has 0 radical (unpaired) electrons. The zero-order chi connectivity index (χ0) is 36.5. The second-order valence-corrected chi connectivity index (χ2v) is 14.0. The van der Waals surface area contributed by atoms with Gasteiger partial charge in [0.1, 0.15) is 30.5 Å². The second kappa shape index (κ2) is 19.1. The van der Waals surface area contributed by atoms with Gasteiger partial charge >= 0.3 is 0 Å². The molecule has 10 heteroatoms. The highest BCUT2D eigenvalue weighted by molar-refractivity contribution is 8.93. The molecule has 2 heterocycles. The van der Waals surface area contributed by atoms with Crippen LogP contribution in [0.2, 0.25) is 10.0 Å². The molecule has 0 saturated carbocycles. The van der Waals surface area contributed by atoms with Crippen molar-refractivity contribution in [3.8, 4) is 23.1 Å². The molecule has 6 rings (SSSR count). The van der Waals surface area contributed by atoms with Crippen LogP contribution in [0.5, 0.6) is 23.1 Å². The zero-order valence-electron chi connectivity index (χ0n) is 30.1. The van der Waals surface area contributed by atoms with Crippen molar-refractivity contribution in [3.05, 3.63) is 153 Å². The van der Waals surface area contributed by atoms with Crippen LogP contribution in [0, 0.1) is 6.92 Å². The van der Waals surface area contributed by atoms with Gasteiger partial charge in [0.25, 0.3) is 0 Å². The molecule has 0 spiro atoms. The van der Waals surface area contributed by atoms with Crippen molar-refractivity contribution in [3.63, 3.8) is 0 Å². The molecule has 1 saturated heterocycles. The fraction of sp³-hybridized carbons (Fsp3) is 0.256. The number of pyridine rings is 1. The second-order valence-electron chi connectivity index (χ2n) is 13.2. The maximum Gasteiger partial charge on any atom is 0.246 e. The Labute approximate surface area is 332 Å². The molecule has 0 aliphatic carbocycles. The summed E-state index contributed by atoms with van der Waals surface area (Å²) < 4.78 is 17.8. The third-order valence-corrected chi connectivity index (χ3v) is 9.73. The number of amides is 1. The van der Waals surface area contributed by atoms with Gasteiger partial charge in [-0.3, -0.25) is 9.69 Å². The van der Waals surface area contributed by atoms with Crippen molar-refractivity contribution in [2.24, 2.45) is 0 Å². The van der Waals surface area contributed by atoms with E-state index in [0.717, 1.165) is 47.6 Å². The van der Waals surface area contributed by atoms with E-state index in [4.69, 9.17) is 37.4 Å². The number of carbonyl (C=O) groups excluding carboxylic acids is 1. The van der Waals surface area contributed by atoms with Gasteiger partial charge in [0.05, 0.1) is 11.2 Å². The standard InChI is InChI=1S/C43H43Cl2N3O4.BrH/c1-30(2)34-12-15-37(16-13-34)50-28-33-10-8-32(9-11-33)27-47-20-22-48(23-21-47)43(49)19-14-35-25-40(45)41(24-31(35)3)52-42-18-17-38(26-46-42)51-29-36-6-4-5-7-39(36)44;/h4-19,24-26,30H,20-23,27-29H2,1-3H3;1H/b19-14+;. The number of piperazine rings is 1. The average molecular weight is 818 g/mol. The van der Waals surface area contributed by atoms with E-state index in [1.54, 1.807) is 30.5 Å². The van der Waals surface area contributed by atoms with Crippen molar-refractivity contribution >= 4 is 52.2 Å². The lowest BCUT2D eigenvalue weighted by molar-refractivity contribution is -0.127. The molecule has 1 aromatic heterocycles. The van der Waals surface area contributed by atoms with Gasteiger partial charge in [0, 0.05) is 55.5 Å². The Bertz CT molecular complexity index is 1980. The number of aromatic nitrogens is 1.